The van der Waals surface area contributed by atoms with Crippen molar-refractivity contribution in [1.29, 1.82) is 0 Å². The smallest absolute Gasteiger partial charge is 0.224 e. The van der Waals surface area contributed by atoms with Crippen molar-refractivity contribution < 1.29 is 19.0 Å². The van der Waals surface area contributed by atoms with E-state index in [-0.39, 0.29) is 11.2 Å². The number of carbonyl (C=O) groups is 1. The molecule has 1 aromatic carbocycles. The average molecular weight is 297 g/mol. The molecule has 0 aliphatic carbocycles. The number of nitrogens with zero attached hydrogens (tertiary/aromatic N) is 1. The van der Waals surface area contributed by atoms with E-state index in [1.807, 2.05) is 0 Å². The van der Waals surface area contributed by atoms with Gasteiger partial charge in [-0.05, 0) is 0 Å². The second-order valence-corrected chi connectivity index (χ2v) is 5.37. The Kier molecular flexibility index (Phi) is 4.65. The molecule has 1 aliphatic rings. The molecule has 0 spiro atoms. The number of amides is 1. The van der Waals surface area contributed by atoms with Crippen LogP contribution in [0.1, 0.15) is 12.0 Å². The minimum absolute atomic E-state index is 0.0951. The van der Waals surface area contributed by atoms with Gasteiger partial charge in [0.25, 0.3) is 0 Å². The van der Waals surface area contributed by atoms with Crippen LogP contribution in [-0.4, -0.2) is 43.9 Å². The van der Waals surface area contributed by atoms with Gasteiger partial charge in [0.05, 0.1) is 33.4 Å². The molecule has 0 aromatic heterocycles. The molecule has 1 atom stereocenters. The summed E-state index contributed by atoms with van der Waals surface area (Å²) in [6.07, 6.45) is 0.476. The van der Waals surface area contributed by atoms with Gasteiger partial charge in [0, 0.05) is 30.3 Å². The standard InChI is InChI=1S/C14H19NO4S/c1-17-9-4-12(18-2)11(13(5-9)19-3)8-15-7-10(20)6-14(15)16/h4-5,10,20H,6-8H2,1-3H3. The van der Waals surface area contributed by atoms with E-state index in [2.05, 4.69) is 12.6 Å². The summed E-state index contributed by atoms with van der Waals surface area (Å²) in [6, 6.07) is 3.58. The predicted molar refractivity (Wildman–Crippen MR) is 78.9 cm³/mol. The summed E-state index contributed by atoms with van der Waals surface area (Å²) in [5.74, 6) is 2.06. The molecule has 2 rings (SSSR count). The van der Waals surface area contributed by atoms with Crippen LogP contribution in [0.2, 0.25) is 0 Å². The highest BCUT2D eigenvalue weighted by Gasteiger charge is 2.29. The van der Waals surface area contributed by atoms with Gasteiger partial charge in [-0.1, -0.05) is 0 Å². The highest BCUT2D eigenvalue weighted by atomic mass is 32.1. The Bertz CT molecular complexity index is 481. The van der Waals surface area contributed by atoms with Crippen LogP contribution in [0.3, 0.4) is 0 Å². The SMILES string of the molecule is COc1cc(OC)c(CN2CC(S)CC2=O)c(OC)c1. The Hall–Kier alpha value is -1.56. The summed E-state index contributed by atoms with van der Waals surface area (Å²) in [4.78, 5) is 13.7. The molecule has 110 valence electrons. The van der Waals surface area contributed by atoms with E-state index in [0.717, 1.165) is 5.56 Å². The lowest BCUT2D eigenvalue weighted by Gasteiger charge is -2.20. The Morgan fingerprint density at radius 2 is 1.80 bits per heavy atom. The van der Waals surface area contributed by atoms with Crippen molar-refractivity contribution in [3.05, 3.63) is 17.7 Å². The molecule has 20 heavy (non-hydrogen) atoms. The maximum absolute atomic E-state index is 11.9. The summed E-state index contributed by atoms with van der Waals surface area (Å²) in [7, 11) is 4.76. The topological polar surface area (TPSA) is 48.0 Å². The Balaban J connectivity index is 2.32. The summed E-state index contributed by atoms with van der Waals surface area (Å²) < 4.78 is 16.0. The van der Waals surface area contributed by atoms with Crippen LogP contribution in [-0.2, 0) is 11.3 Å². The number of methoxy groups -OCH3 is 3. The fourth-order valence-electron chi connectivity index (χ4n) is 2.33. The molecule has 1 aliphatic heterocycles. The second kappa shape index (κ2) is 6.26. The van der Waals surface area contributed by atoms with Gasteiger partial charge >= 0.3 is 0 Å². The van der Waals surface area contributed by atoms with Crippen LogP contribution >= 0.6 is 12.6 Å². The van der Waals surface area contributed by atoms with E-state index >= 15 is 0 Å². The monoisotopic (exact) mass is 297 g/mol. The lowest BCUT2D eigenvalue weighted by Crippen LogP contribution is -2.25. The third-order valence-electron chi connectivity index (χ3n) is 3.36. The highest BCUT2D eigenvalue weighted by Crippen LogP contribution is 2.35. The summed E-state index contributed by atoms with van der Waals surface area (Å²) in [6.45, 7) is 1.09. The van der Waals surface area contributed by atoms with E-state index in [9.17, 15) is 4.79 Å². The first-order valence-corrected chi connectivity index (χ1v) is 6.85. The lowest BCUT2D eigenvalue weighted by atomic mass is 10.1. The first-order valence-electron chi connectivity index (χ1n) is 6.33. The minimum Gasteiger partial charge on any atom is -0.496 e. The van der Waals surface area contributed by atoms with Crippen molar-refractivity contribution in [2.24, 2.45) is 0 Å². The molecular formula is C14H19NO4S. The molecule has 1 aromatic rings. The molecule has 0 radical (unpaired) electrons. The zero-order valence-electron chi connectivity index (χ0n) is 11.9. The van der Waals surface area contributed by atoms with Crippen molar-refractivity contribution in [2.45, 2.75) is 18.2 Å². The van der Waals surface area contributed by atoms with Crippen molar-refractivity contribution in [2.75, 3.05) is 27.9 Å². The van der Waals surface area contributed by atoms with Gasteiger partial charge in [-0.3, -0.25) is 4.79 Å². The number of rotatable bonds is 5. The highest BCUT2D eigenvalue weighted by molar-refractivity contribution is 7.81. The number of hydrogen-bond donors (Lipinski definition) is 1. The van der Waals surface area contributed by atoms with Crippen molar-refractivity contribution in [1.82, 2.24) is 4.90 Å². The molecule has 0 saturated carbocycles. The normalized spacial score (nSPS) is 18.3. The van der Waals surface area contributed by atoms with Crippen molar-refractivity contribution in [3.8, 4) is 17.2 Å². The third kappa shape index (κ3) is 2.95. The zero-order valence-corrected chi connectivity index (χ0v) is 12.8. The Labute approximate surface area is 124 Å². The summed E-state index contributed by atoms with van der Waals surface area (Å²) in [5, 5.41) is 0.0951. The van der Waals surface area contributed by atoms with Gasteiger partial charge in [0.1, 0.15) is 17.2 Å². The van der Waals surface area contributed by atoms with Crippen LogP contribution in [0, 0.1) is 0 Å². The molecule has 1 saturated heterocycles. The molecular weight excluding hydrogens is 278 g/mol. The Morgan fingerprint density at radius 1 is 1.20 bits per heavy atom. The van der Waals surface area contributed by atoms with Crippen LogP contribution < -0.4 is 14.2 Å². The largest absolute Gasteiger partial charge is 0.496 e. The van der Waals surface area contributed by atoms with Gasteiger partial charge in [-0.15, -0.1) is 0 Å². The minimum atomic E-state index is 0.0951. The molecule has 1 heterocycles. The molecule has 5 nitrogen and oxygen atoms in total. The third-order valence-corrected chi connectivity index (χ3v) is 3.71. The van der Waals surface area contributed by atoms with Gasteiger partial charge in [-0.25, -0.2) is 0 Å². The number of ether oxygens (including phenoxy) is 3. The average Bonchev–Trinajstić information content (AvgIpc) is 2.76. The predicted octanol–water partition coefficient (Wildman–Crippen LogP) is 1.74. The summed E-state index contributed by atoms with van der Waals surface area (Å²) >= 11 is 4.36. The van der Waals surface area contributed by atoms with Gasteiger partial charge in [-0.2, -0.15) is 12.6 Å². The molecule has 1 unspecified atom stereocenters. The fraction of sp³-hybridized carbons (Fsp3) is 0.500. The first-order chi connectivity index (χ1) is 9.58. The summed E-state index contributed by atoms with van der Waals surface area (Å²) in [5.41, 5.74) is 0.839. The van der Waals surface area contributed by atoms with E-state index in [4.69, 9.17) is 14.2 Å². The molecule has 0 bridgehead atoms. The van der Waals surface area contributed by atoms with Crippen LogP contribution in [0.15, 0.2) is 12.1 Å². The Morgan fingerprint density at radius 3 is 2.20 bits per heavy atom. The van der Waals surface area contributed by atoms with Gasteiger partial charge in [0.15, 0.2) is 0 Å². The second-order valence-electron chi connectivity index (χ2n) is 4.64. The number of thiol groups is 1. The van der Waals surface area contributed by atoms with Crippen molar-refractivity contribution in [3.63, 3.8) is 0 Å². The first kappa shape index (κ1) is 14.8. The van der Waals surface area contributed by atoms with Crippen LogP contribution in [0.4, 0.5) is 0 Å². The molecule has 0 N–H and O–H groups in total. The molecule has 6 heteroatoms. The van der Waals surface area contributed by atoms with Gasteiger partial charge in [0.2, 0.25) is 5.91 Å². The lowest BCUT2D eigenvalue weighted by molar-refractivity contribution is -0.128. The maximum atomic E-state index is 11.9. The maximum Gasteiger partial charge on any atom is 0.224 e. The molecule has 1 fully saturated rings. The number of benzene rings is 1. The number of likely N-dealkylation sites (tertiary alicyclic amines) is 1. The number of carbonyl (C=O) groups excluding carboxylic acids is 1. The van der Waals surface area contributed by atoms with E-state index < -0.39 is 0 Å². The molecule has 1 amide bonds. The quantitative estimate of drug-likeness (QED) is 0.841. The number of hydrogen-bond acceptors (Lipinski definition) is 5. The van der Waals surface area contributed by atoms with Crippen molar-refractivity contribution >= 4 is 18.5 Å². The zero-order chi connectivity index (χ0) is 14.7. The van der Waals surface area contributed by atoms with E-state index in [0.29, 0.717) is 36.8 Å². The fourth-order valence-corrected chi connectivity index (χ4v) is 2.68. The van der Waals surface area contributed by atoms with Gasteiger partial charge < -0.3 is 19.1 Å². The van der Waals surface area contributed by atoms with E-state index in [1.165, 1.54) is 0 Å². The van der Waals surface area contributed by atoms with Crippen LogP contribution in [0.25, 0.3) is 0 Å². The van der Waals surface area contributed by atoms with Crippen LogP contribution in [0.5, 0.6) is 17.2 Å². The van der Waals surface area contributed by atoms with E-state index in [1.54, 1.807) is 38.4 Å².